The molecule has 0 radical (unpaired) electrons. The van der Waals surface area contributed by atoms with Crippen LogP contribution in [0, 0.1) is 22.7 Å². The zero-order valence-corrected chi connectivity index (χ0v) is 25.5. The third kappa shape index (κ3) is 4.81. The summed E-state index contributed by atoms with van der Waals surface area (Å²) in [5.74, 6) is 3.63. The summed E-state index contributed by atoms with van der Waals surface area (Å²) in [5.41, 5.74) is 1.77. The van der Waals surface area contributed by atoms with Gasteiger partial charge >= 0.3 is 0 Å². The van der Waals surface area contributed by atoms with E-state index in [0.29, 0.717) is 57.3 Å². The number of hydrogen-bond acceptors (Lipinski definition) is 8. The summed E-state index contributed by atoms with van der Waals surface area (Å²) in [5, 5.41) is 8.55. The van der Waals surface area contributed by atoms with Crippen molar-refractivity contribution in [3.63, 3.8) is 0 Å². The number of hydrogen-bond donors (Lipinski definition) is 2. The molecule has 222 valence electrons. The van der Waals surface area contributed by atoms with E-state index in [1.807, 2.05) is 24.4 Å². The number of aromatic nitrogens is 3. The lowest BCUT2D eigenvalue weighted by molar-refractivity contribution is 0.0984. The molecule has 4 heterocycles. The van der Waals surface area contributed by atoms with Gasteiger partial charge in [-0.25, -0.2) is 14.7 Å². The lowest BCUT2D eigenvalue weighted by atomic mass is 9.93. The van der Waals surface area contributed by atoms with Crippen molar-refractivity contribution in [1.82, 2.24) is 24.8 Å². The maximum Gasteiger partial charge on any atom is 0.265 e. The van der Waals surface area contributed by atoms with Gasteiger partial charge in [-0.3, -0.25) is 9.52 Å². The maximum absolute atomic E-state index is 13.5. The molecule has 42 heavy (non-hydrogen) atoms. The fraction of sp³-hybridized carbons (Fsp3) is 0.562. The number of rotatable bonds is 6. The topological polar surface area (TPSA) is 96.7 Å². The summed E-state index contributed by atoms with van der Waals surface area (Å²) >= 11 is 1.12. The maximum atomic E-state index is 13.5. The molecular formula is C32H41N7O2S. The van der Waals surface area contributed by atoms with Gasteiger partial charge in [0.2, 0.25) is 5.88 Å². The minimum atomic E-state index is -0.234. The molecule has 2 bridgehead atoms. The predicted octanol–water partition coefficient (Wildman–Crippen LogP) is 5.65. The van der Waals surface area contributed by atoms with Crippen LogP contribution in [0.25, 0.3) is 5.82 Å². The van der Waals surface area contributed by atoms with Gasteiger partial charge in [0.1, 0.15) is 16.7 Å². The molecule has 7 rings (SSSR count). The van der Waals surface area contributed by atoms with E-state index in [9.17, 15) is 4.79 Å². The standard InChI is InChI=1S/C32H41N7O2S/c1-5-27-34-21(2)33-16-6-7-22-19-30(3,4)38(20-22)28-23(29(40)37-42-27)8-9-25(35-28)39-17-10-26(36-39)41-18-11-24-31(12-13-31)32(24)14-15-32/h5,8-10,17,22,24,33H,1-2,6-7,11-16,18-20H2,3-4H3,(H,37,40)/b34-27+/t22-/m0/s1. The molecule has 2 aromatic rings. The first kappa shape index (κ1) is 27.6. The van der Waals surface area contributed by atoms with Gasteiger partial charge in [0.15, 0.2) is 5.82 Å². The highest BCUT2D eigenvalue weighted by molar-refractivity contribution is 8.13. The molecule has 1 saturated heterocycles. The third-order valence-corrected chi connectivity index (χ3v) is 11.1. The Morgan fingerprint density at radius 1 is 1.19 bits per heavy atom. The molecule has 2 N–H and O–H groups in total. The van der Waals surface area contributed by atoms with Crippen LogP contribution < -0.4 is 19.7 Å². The van der Waals surface area contributed by atoms with Crippen LogP contribution in [0.3, 0.4) is 0 Å². The SMILES string of the molecule is C=C/C1=N\C(=C)NCCC[C@@H]2CN(c3nc(-n4ccc(OCCC5C6(CC6)C56CC6)n4)ccc3C(=O)NS1)C(C)(C)C2. The van der Waals surface area contributed by atoms with Crippen LogP contribution in [0.1, 0.15) is 75.6 Å². The number of amides is 1. The molecular weight excluding hydrogens is 546 g/mol. The number of nitrogens with zero attached hydrogens (tertiary/aromatic N) is 5. The fourth-order valence-electron chi connectivity index (χ4n) is 8.11. The molecule has 3 aliphatic carbocycles. The van der Waals surface area contributed by atoms with Crippen LogP contribution in [0.4, 0.5) is 5.82 Å². The molecule has 4 fully saturated rings. The summed E-state index contributed by atoms with van der Waals surface area (Å²) in [6, 6.07) is 5.60. The predicted molar refractivity (Wildman–Crippen MR) is 167 cm³/mol. The highest BCUT2D eigenvalue weighted by Gasteiger charge is 2.85. The number of pyridine rings is 1. The Morgan fingerprint density at radius 2 is 1.98 bits per heavy atom. The third-order valence-electron chi connectivity index (χ3n) is 10.4. The number of carbonyl (C=O) groups excluding carboxylic acids is 1. The van der Waals surface area contributed by atoms with Gasteiger partial charge in [0, 0.05) is 42.8 Å². The number of fused-ring (bicyclic) bond motifs is 5. The average Bonchev–Trinajstić information content (AvgIpc) is 3.92. The largest absolute Gasteiger partial charge is 0.477 e. The second kappa shape index (κ2) is 10.2. The van der Waals surface area contributed by atoms with E-state index in [1.165, 1.54) is 25.7 Å². The lowest BCUT2D eigenvalue weighted by Crippen LogP contribution is -2.40. The number of aliphatic imine (C=N–C) groups is 1. The van der Waals surface area contributed by atoms with Crippen molar-refractivity contribution < 1.29 is 9.53 Å². The van der Waals surface area contributed by atoms with Gasteiger partial charge in [-0.1, -0.05) is 13.2 Å². The molecule has 0 unspecified atom stereocenters. The molecule has 3 saturated carbocycles. The number of anilines is 1. The lowest BCUT2D eigenvalue weighted by Gasteiger charge is -2.34. The van der Waals surface area contributed by atoms with Crippen LogP contribution in [-0.4, -0.2) is 51.0 Å². The normalized spacial score (nSPS) is 26.8. The van der Waals surface area contributed by atoms with Crippen molar-refractivity contribution in [2.24, 2.45) is 27.7 Å². The van der Waals surface area contributed by atoms with Gasteiger partial charge in [0.05, 0.1) is 12.2 Å². The van der Waals surface area contributed by atoms with Crippen LogP contribution in [0.15, 0.2) is 54.4 Å². The zero-order valence-electron chi connectivity index (χ0n) is 24.7. The van der Waals surface area contributed by atoms with Crippen LogP contribution in [-0.2, 0) is 0 Å². The Hall–Kier alpha value is -3.27. The van der Waals surface area contributed by atoms with Gasteiger partial charge in [-0.2, -0.15) is 0 Å². The van der Waals surface area contributed by atoms with Crippen LogP contribution in [0.2, 0.25) is 0 Å². The van der Waals surface area contributed by atoms with Gasteiger partial charge in [0.25, 0.3) is 5.91 Å². The molecule has 5 aliphatic rings. The average molecular weight is 588 g/mol. The van der Waals surface area contributed by atoms with Crippen molar-refractivity contribution in [3.05, 3.63) is 55.0 Å². The Kier molecular flexibility index (Phi) is 6.68. The Morgan fingerprint density at radius 3 is 2.71 bits per heavy atom. The van der Waals surface area contributed by atoms with Crippen LogP contribution in [0.5, 0.6) is 5.88 Å². The first-order valence-electron chi connectivity index (χ1n) is 15.3. The molecule has 9 nitrogen and oxygen atoms in total. The highest BCUT2D eigenvalue weighted by atomic mass is 32.2. The number of nitrogens with one attached hydrogen (secondary N) is 2. The zero-order chi connectivity index (χ0) is 29.1. The van der Waals surface area contributed by atoms with E-state index in [-0.39, 0.29) is 11.4 Å². The van der Waals surface area contributed by atoms with Crippen molar-refractivity contribution in [3.8, 4) is 11.7 Å². The molecule has 2 aliphatic heterocycles. The summed E-state index contributed by atoms with van der Waals surface area (Å²) in [7, 11) is 0. The number of ether oxygens (including phenoxy) is 1. The smallest absolute Gasteiger partial charge is 0.265 e. The summed E-state index contributed by atoms with van der Waals surface area (Å²) < 4.78 is 10.8. The Labute approximate surface area is 252 Å². The van der Waals surface area contributed by atoms with Gasteiger partial charge < -0.3 is 15.0 Å². The van der Waals surface area contributed by atoms with E-state index >= 15 is 0 Å². The fourth-order valence-corrected chi connectivity index (χ4v) is 8.66. The van der Waals surface area contributed by atoms with Crippen molar-refractivity contribution >= 4 is 28.7 Å². The second-order valence-corrected chi connectivity index (χ2v) is 14.2. The summed E-state index contributed by atoms with van der Waals surface area (Å²) in [6.07, 6.45) is 13.4. The molecule has 1 atom stereocenters. The van der Waals surface area contributed by atoms with E-state index < -0.39 is 0 Å². The monoisotopic (exact) mass is 587 g/mol. The number of carbonyl (C=O) groups is 1. The molecule has 10 heteroatoms. The molecule has 1 amide bonds. The Balaban J connectivity index is 1.12. The molecule has 2 spiro atoms. The van der Waals surface area contributed by atoms with Gasteiger partial charge in [-0.05, 0) is 106 Å². The highest BCUT2D eigenvalue weighted by Crippen LogP contribution is 2.93. The van der Waals surface area contributed by atoms with E-state index in [1.54, 1.807) is 10.8 Å². The van der Waals surface area contributed by atoms with Gasteiger partial charge in [-0.15, -0.1) is 5.10 Å². The van der Waals surface area contributed by atoms with E-state index in [2.05, 4.69) is 46.9 Å². The van der Waals surface area contributed by atoms with E-state index in [0.717, 1.165) is 56.6 Å². The second-order valence-electron chi connectivity index (χ2n) is 13.3. The summed E-state index contributed by atoms with van der Waals surface area (Å²) in [6.45, 7) is 14.7. The molecule has 2 aromatic heterocycles. The Bertz CT molecular complexity index is 1440. The molecule has 0 aromatic carbocycles. The van der Waals surface area contributed by atoms with Crippen molar-refractivity contribution in [1.29, 1.82) is 0 Å². The first-order valence-corrected chi connectivity index (χ1v) is 16.1. The van der Waals surface area contributed by atoms with Crippen molar-refractivity contribution in [2.75, 3.05) is 24.6 Å². The van der Waals surface area contributed by atoms with Crippen molar-refractivity contribution in [2.45, 2.75) is 70.8 Å². The summed E-state index contributed by atoms with van der Waals surface area (Å²) in [4.78, 5) is 25.4. The minimum Gasteiger partial charge on any atom is -0.477 e. The minimum absolute atomic E-state index is 0.153. The van der Waals surface area contributed by atoms with E-state index in [4.69, 9.17) is 14.8 Å². The van der Waals surface area contributed by atoms with Crippen LogP contribution >= 0.6 is 11.9 Å². The quantitative estimate of drug-likeness (QED) is 0.422. The first-order chi connectivity index (χ1) is 20.2.